The van der Waals surface area contributed by atoms with Gasteiger partial charge in [-0.25, -0.2) is 4.98 Å². The van der Waals surface area contributed by atoms with Crippen LogP contribution in [0.3, 0.4) is 0 Å². The quantitative estimate of drug-likeness (QED) is 0.711. The number of alkyl halides is 3. The summed E-state index contributed by atoms with van der Waals surface area (Å²) in [7, 11) is 0. The fourth-order valence-corrected chi connectivity index (χ4v) is 1.64. The van der Waals surface area contributed by atoms with E-state index in [1.54, 1.807) is 12.1 Å². The van der Waals surface area contributed by atoms with Crippen molar-refractivity contribution >= 4 is 23.2 Å². The van der Waals surface area contributed by atoms with E-state index in [1.165, 1.54) is 12.1 Å². The molecule has 0 fully saturated rings. The third kappa shape index (κ3) is 3.75. The van der Waals surface area contributed by atoms with Crippen molar-refractivity contribution in [1.29, 1.82) is 0 Å². The third-order valence-corrected chi connectivity index (χ3v) is 2.58. The molecule has 0 saturated heterocycles. The van der Waals surface area contributed by atoms with Gasteiger partial charge < -0.3 is 4.74 Å². The Balaban J connectivity index is 2.30. The number of aromatic nitrogens is 1. The second-order valence-electron chi connectivity index (χ2n) is 3.57. The Bertz CT molecular complexity index is 585. The molecule has 2 nitrogen and oxygen atoms in total. The van der Waals surface area contributed by atoms with Crippen molar-refractivity contribution in [3.63, 3.8) is 0 Å². The van der Waals surface area contributed by atoms with Gasteiger partial charge in [0.2, 0.25) is 5.88 Å². The highest BCUT2D eigenvalue weighted by Crippen LogP contribution is 2.33. The van der Waals surface area contributed by atoms with Gasteiger partial charge in [0.05, 0.1) is 5.56 Å². The van der Waals surface area contributed by atoms with Crippen molar-refractivity contribution in [2.45, 2.75) is 6.18 Å². The minimum absolute atomic E-state index is 0.234. The van der Waals surface area contributed by atoms with Crippen LogP contribution >= 0.6 is 23.2 Å². The average Bonchev–Trinajstić information content (AvgIpc) is 2.30. The normalized spacial score (nSPS) is 11.4. The Hall–Kier alpha value is -1.46. The number of rotatable bonds is 2. The molecular weight excluding hydrogens is 302 g/mol. The maximum atomic E-state index is 12.6. The van der Waals surface area contributed by atoms with E-state index >= 15 is 0 Å². The Kier molecular flexibility index (Phi) is 3.87. The monoisotopic (exact) mass is 307 g/mol. The van der Waals surface area contributed by atoms with Gasteiger partial charge >= 0.3 is 6.18 Å². The van der Waals surface area contributed by atoms with Crippen LogP contribution in [0.25, 0.3) is 0 Å². The average molecular weight is 308 g/mol. The number of ether oxygens (including phenoxy) is 1. The summed E-state index contributed by atoms with van der Waals surface area (Å²) in [5.41, 5.74) is -0.920. The molecule has 0 spiro atoms. The molecule has 1 aromatic heterocycles. The number of hydrogen-bond acceptors (Lipinski definition) is 2. The predicted octanol–water partition coefficient (Wildman–Crippen LogP) is 5.20. The van der Waals surface area contributed by atoms with Gasteiger partial charge in [0.15, 0.2) is 0 Å². The summed E-state index contributed by atoms with van der Waals surface area (Å²) in [5.74, 6) is 0.0782. The van der Waals surface area contributed by atoms with E-state index in [2.05, 4.69) is 4.98 Å². The molecule has 0 aliphatic carbocycles. The molecule has 2 rings (SSSR count). The lowest BCUT2D eigenvalue weighted by molar-refractivity contribution is -0.137. The highest BCUT2D eigenvalue weighted by atomic mass is 35.5. The van der Waals surface area contributed by atoms with Gasteiger partial charge in [-0.3, -0.25) is 0 Å². The summed E-state index contributed by atoms with van der Waals surface area (Å²) in [6.07, 6.45) is -4.51. The molecule has 0 radical (unpaired) electrons. The fourth-order valence-electron chi connectivity index (χ4n) is 1.31. The van der Waals surface area contributed by atoms with E-state index in [0.29, 0.717) is 10.8 Å². The van der Waals surface area contributed by atoms with Crippen molar-refractivity contribution in [3.8, 4) is 11.6 Å². The van der Waals surface area contributed by atoms with E-state index in [4.69, 9.17) is 27.9 Å². The summed E-state index contributed by atoms with van der Waals surface area (Å²) in [6, 6.07) is 7.63. The van der Waals surface area contributed by atoms with Gasteiger partial charge in [-0.05, 0) is 30.3 Å². The van der Waals surface area contributed by atoms with Crippen LogP contribution in [0.15, 0.2) is 36.4 Å². The van der Waals surface area contributed by atoms with E-state index < -0.39 is 11.7 Å². The molecule has 0 saturated carbocycles. The van der Waals surface area contributed by atoms with Crippen molar-refractivity contribution in [3.05, 3.63) is 52.1 Å². The zero-order valence-electron chi connectivity index (χ0n) is 9.21. The summed E-state index contributed by atoms with van der Waals surface area (Å²) in [5, 5.41) is 0.196. The van der Waals surface area contributed by atoms with Crippen LogP contribution in [0.5, 0.6) is 11.6 Å². The smallest absolute Gasteiger partial charge is 0.416 e. The van der Waals surface area contributed by atoms with E-state index in [1.807, 2.05) is 0 Å². The second kappa shape index (κ2) is 5.27. The lowest BCUT2D eigenvalue weighted by Gasteiger charge is -2.10. The second-order valence-corrected chi connectivity index (χ2v) is 4.39. The molecule has 0 unspecified atom stereocenters. The first kappa shape index (κ1) is 14.0. The van der Waals surface area contributed by atoms with Crippen LogP contribution in [0, 0.1) is 0 Å². The van der Waals surface area contributed by atoms with Gasteiger partial charge in [-0.1, -0.05) is 23.2 Å². The largest absolute Gasteiger partial charge is 0.439 e. The number of nitrogens with zero attached hydrogens (tertiary/aromatic N) is 1. The highest BCUT2D eigenvalue weighted by Gasteiger charge is 2.31. The van der Waals surface area contributed by atoms with Crippen LogP contribution in [0.4, 0.5) is 13.2 Å². The van der Waals surface area contributed by atoms with Crippen LogP contribution < -0.4 is 4.74 Å². The first-order valence-electron chi connectivity index (χ1n) is 5.03. The van der Waals surface area contributed by atoms with Crippen molar-refractivity contribution in [2.75, 3.05) is 0 Å². The van der Waals surface area contributed by atoms with E-state index in [0.717, 1.165) is 12.1 Å². The molecule has 7 heteroatoms. The van der Waals surface area contributed by atoms with Crippen LogP contribution in [-0.2, 0) is 6.18 Å². The topological polar surface area (TPSA) is 22.1 Å². The summed E-state index contributed by atoms with van der Waals surface area (Å²) in [6.45, 7) is 0. The van der Waals surface area contributed by atoms with E-state index in [-0.39, 0.29) is 11.0 Å². The Morgan fingerprint density at radius 1 is 1.00 bits per heavy atom. The Morgan fingerprint density at radius 3 is 2.21 bits per heavy atom. The van der Waals surface area contributed by atoms with Gasteiger partial charge in [0, 0.05) is 11.1 Å². The number of pyridine rings is 1. The molecule has 100 valence electrons. The summed E-state index contributed by atoms with van der Waals surface area (Å²) >= 11 is 11.2. The molecule has 19 heavy (non-hydrogen) atoms. The zero-order valence-corrected chi connectivity index (χ0v) is 10.7. The van der Waals surface area contributed by atoms with Gasteiger partial charge in [0.1, 0.15) is 10.9 Å². The molecule has 2 aromatic rings. The molecule has 0 N–H and O–H groups in total. The highest BCUT2D eigenvalue weighted by molar-refractivity contribution is 6.30. The maximum absolute atomic E-state index is 12.6. The SMILES string of the molecule is FC(F)(F)c1cc(Cl)nc(Oc2ccc(Cl)cc2)c1. The summed E-state index contributed by atoms with van der Waals surface area (Å²) < 4.78 is 42.9. The molecule has 0 amide bonds. The Morgan fingerprint density at radius 2 is 1.63 bits per heavy atom. The molecule has 0 bridgehead atoms. The molecular formula is C12H6Cl2F3NO. The first-order valence-corrected chi connectivity index (χ1v) is 5.78. The predicted molar refractivity (Wildman–Crippen MR) is 65.8 cm³/mol. The third-order valence-electron chi connectivity index (χ3n) is 2.13. The zero-order chi connectivity index (χ0) is 14.0. The van der Waals surface area contributed by atoms with Crippen molar-refractivity contribution in [1.82, 2.24) is 4.98 Å². The van der Waals surface area contributed by atoms with Gasteiger partial charge in [0.25, 0.3) is 0 Å². The Labute approximate surface area is 116 Å². The van der Waals surface area contributed by atoms with Gasteiger partial charge in [-0.2, -0.15) is 13.2 Å². The molecule has 1 heterocycles. The standard InChI is InChI=1S/C12H6Cl2F3NO/c13-8-1-3-9(4-2-8)19-11-6-7(12(15,16)17)5-10(14)18-11/h1-6H. The van der Waals surface area contributed by atoms with Crippen molar-refractivity contribution < 1.29 is 17.9 Å². The van der Waals surface area contributed by atoms with Gasteiger partial charge in [-0.15, -0.1) is 0 Å². The number of benzene rings is 1. The lowest BCUT2D eigenvalue weighted by atomic mass is 10.2. The van der Waals surface area contributed by atoms with Crippen LogP contribution in [-0.4, -0.2) is 4.98 Å². The maximum Gasteiger partial charge on any atom is 0.416 e. The van der Waals surface area contributed by atoms with E-state index in [9.17, 15) is 13.2 Å². The van der Waals surface area contributed by atoms with Crippen molar-refractivity contribution in [2.24, 2.45) is 0 Å². The molecule has 0 atom stereocenters. The first-order chi connectivity index (χ1) is 8.84. The number of hydrogen-bond donors (Lipinski definition) is 0. The minimum Gasteiger partial charge on any atom is -0.439 e. The molecule has 1 aromatic carbocycles. The summed E-state index contributed by atoms with van der Waals surface area (Å²) in [4.78, 5) is 3.68. The lowest BCUT2D eigenvalue weighted by Crippen LogP contribution is -2.05. The fraction of sp³-hybridized carbons (Fsp3) is 0.0833. The molecule has 0 aliphatic rings. The van der Waals surface area contributed by atoms with Crippen LogP contribution in [0.1, 0.15) is 5.56 Å². The van der Waals surface area contributed by atoms with Crippen LogP contribution in [0.2, 0.25) is 10.2 Å². The molecule has 0 aliphatic heterocycles. The number of halogens is 5. The minimum atomic E-state index is -4.51.